The maximum Gasteiger partial charge on any atom is 0.0476 e. The summed E-state index contributed by atoms with van der Waals surface area (Å²) < 4.78 is 2.60. The number of thiophene rings is 1. The first-order chi connectivity index (χ1) is 26.8. The molecule has 0 saturated carbocycles. The van der Waals surface area contributed by atoms with Crippen LogP contribution in [-0.2, 0) is 0 Å². The van der Waals surface area contributed by atoms with Gasteiger partial charge >= 0.3 is 0 Å². The highest BCUT2D eigenvalue weighted by Gasteiger charge is 2.17. The van der Waals surface area contributed by atoms with Crippen molar-refractivity contribution >= 4 is 91.7 Å². The van der Waals surface area contributed by atoms with E-state index >= 15 is 0 Å². The molecule has 11 aromatic rings. The van der Waals surface area contributed by atoms with E-state index in [9.17, 15) is 0 Å². The molecule has 0 radical (unpaired) electrons. The Kier molecular flexibility index (Phi) is 7.11. The molecule has 1 aromatic heterocycles. The molecule has 0 N–H and O–H groups in total. The van der Waals surface area contributed by atoms with Crippen LogP contribution in [0.3, 0.4) is 0 Å². The molecule has 1 nitrogen and oxygen atoms in total. The third kappa shape index (κ3) is 4.99. The van der Waals surface area contributed by atoms with Gasteiger partial charge < -0.3 is 4.90 Å². The van der Waals surface area contributed by atoms with Crippen molar-refractivity contribution in [2.24, 2.45) is 0 Å². The van der Waals surface area contributed by atoms with Crippen LogP contribution >= 0.6 is 11.3 Å². The fourth-order valence-corrected chi connectivity index (χ4v) is 9.62. The Morgan fingerprint density at radius 1 is 0.278 bits per heavy atom. The van der Waals surface area contributed by atoms with Crippen molar-refractivity contribution in [3.05, 3.63) is 200 Å². The number of anilines is 3. The third-order valence-corrected chi connectivity index (χ3v) is 12.2. The van der Waals surface area contributed by atoms with Gasteiger partial charge in [0, 0.05) is 37.2 Å². The second-order valence-corrected chi connectivity index (χ2v) is 15.2. The van der Waals surface area contributed by atoms with Gasteiger partial charge in [0.05, 0.1) is 0 Å². The van der Waals surface area contributed by atoms with E-state index in [-0.39, 0.29) is 0 Å². The minimum Gasteiger partial charge on any atom is -0.310 e. The molecule has 10 aromatic carbocycles. The number of hydrogen-bond donors (Lipinski definition) is 0. The SMILES string of the molecule is c1cc(-c2ccc(N(c3ccc4c(c3)sc3ccccc34)c3ccc4c5ccccc5c5ccccc5c4c3)cc2)cc(-c2cccc3ccccc23)c1. The summed E-state index contributed by atoms with van der Waals surface area (Å²) >= 11 is 1.86. The van der Waals surface area contributed by atoms with Gasteiger partial charge in [-0.05, 0) is 114 Å². The Hall–Kier alpha value is -6.74. The lowest BCUT2D eigenvalue weighted by molar-refractivity contribution is 1.30. The van der Waals surface area contributed by atoms with Crippen LogP contribution in [0.25, 0.3) is 85.5 Å². The molecule has 0 fully saturated rings. The molecule has 0 atom stereocenters. The molecule has 0 amide bonds. The minimum absolute atomic E-state index is 1.12. The molecule has 0 unspecified atom stereocenters. The first kappa shape index (κ1) is 30.8. The fourth-order valence-electron chi connectivity index (χ4n) is 8.48. The van der Waals surface area contributed by atoms with Gasteiger partial charge in [0.1, 0.15) is 0 Å². The minimum atomic E-state index is 1.12. The molecular formula is C52H33NS. The maximum absolute atomic E-state index is 2.42. The number of nitrogens with zero attached hydrogens (tertiary/aromatic N) is 1. The van der Waals surface area contributed by atoms with Gasteiger partial charge in [-0.15, -0.1) is 11.3 Å². The van der Waals surface area contributed by atoms with Crippen molar-refractivity contribution in [1.82, 2.24) is 0 Å². The van der Waals surface area contributed by atoms with E-state index in [1.165, 1.54) is 85.5 Å². The lowest BCUT2D eigenvalue weighted by atomic mass is 9.94. The van der Waals surface area contributed by atoms with Gasteiger partial charge in [-0.25, -0.2) is 0 Å². The Balaban J connectivity index is 1.07. The second-order valence-electron chi connectivity index (χ2n) is 14.1. The number of rotatable bonds is 5. The van der Waals surface area contributed by atoms with Gasteiger partial charge in [0.25, 0.3) is 0 Å². The van der Waals surface area contributed by atoms with Crippen LogP contribution in [0.4, 0.5) is 17.1 Å². The van der Waals surface area contributed by atoms with E-state index in [1.807, 2.05) is 11.3 Å². The monoisotopic (exact) mass is 703 g/mol. The van der Waals surface area contributed by atoms with E-state index in [1.54, 1.807) is 0 Å². The van der Waals surface area contributed by atoms with E-state index < -0.39 is 0 Å². The molecule has 11 rings (SSSR count). The fraction of sp³-hybridized carbons (Fsp3) is 0. The Labute approximate surface area is 317 Å². The van der Waals surface area contributed by atoms with Crippen LogP contribution in [0, 0.1) is 0 Å². The zero-order chi connectivity index (χ0) is 35.6. The third-order valence-electron chi connectivity index (χ3n) is 11.0. The van der Waals surface area contributed by atoms with Gasteiger partial charge in [-0.3, -0.25) is 0 Å². The number of fused-ring (bicyclic) bond motifs is 10. The summed E-state index contributed by atoms with van der Waals surface area (Å²) in [6.07, 6.45) is 0. The van der Waals surface area contributed by atoms with Crippen LogP contribution in [0.5, 0.6) is 0 Å². The Morgan fingerprint density at radius 3 is 1.56 bits per heavy atom. The standard InChI is InChI=1S/C52H33NS/c1-2-15-41-35(11-1)12-10-21-42(41)37-14-9-13-36(31-37)34-23-25-38(26-24-34)53(40-28-30-49-48-20-7-8-22-51(48)54-52(49)33-40)39-27-29-47-45-18-4-3-16-43(45)44-17-5-6-19-46(44)50(47)32-39/h1-33H. The quantitative estimate of drug-likeness (QED) is 0.161. The normalized spacial score (nSPS) is 11.7. The first-order valence-electron chi connectivity index (χ1n) is 18.5. The van der Waals surface area contributed by atoms with Crippen molar-refractivity contribution < 1.29 is 0 Å². The highest BCUT2D eigenvalue weighted by molar-refractivity contribution is 7.25. The average Bonchev–Trinajstić information content (AvgIpc) is 3.62. The largest absolute Gasteiger partial charge is 0.310 e. The molecule has 0 spiro atoms. The lowest BCUT2D eigenvalue weighted by Crippen LogP contribution is -2.09. The smallest absolute Gasteiger partial charge is 0.0476 e. The summed E-state index contributed by atoms with van der Waals surface area (Å²) in [6.45, 7) is 0. The molecule has 2 heteroatoms. The molecule has 0 bridgehead atoms. The predicted octanol–water partition coefficient (Wildman–Crippen LogP) is 15.5. The summed E-state index contributed by atoms with van der Waals surface area (Å²) in [4.78, 5) is 2.42. The molecule has 252 valence electrons. The maximum atomic E-state index is 2.42. The van der Waals surface area contributed by atoms with Crippen LogP contribution in [0.2, 0.25) is 0 Å². The van der Waals surface area contributed by atoms with E-state index in [2.05, 4.69) is 205 Å². The summed E-state index contributed by atoms with van der Waals surface area (Å²) in [5.41, 5.74) is 8.27. The van der Waals surface area contributed by atoms with Gasteiger partial charge in [0.15, 0.2) is 0 Å². The van der Waals surface area contributed by atoms with Crippen molar-refractivity contribution in [2.75, 3.05) is 4.90 Å². The average molecular weight is 704 g/mol. The summed E-state index contributed by atoms with van der Waals surface area (Å²) in [5, 5.41) is 12.8. The van der Waals surface area contributed by atoms with E-state index in [0.29, 0.717) is 0 Å². The van der Waals surface area contributed by atoms with Crippen molar-refractivity contribution in [1.29, 1.82) is 0 Å². The van der Waals surface area contributed by atoms with Gasteiger partial charge in [-0.2, -0.15) is 0 Å². The first-order valence-corrected chi connectivity index (χ1v) is 19.3. The molecule has 54 heavy (non-hydrogen) atoms. The lowest BCUT2D eigenvalue weighted by Gasteiger charge is -2.26. The highest BCUT2D eigenvalue weighted by Crippen LogP contribution is 2.44. The molecule has 0 aliphatic carbocycles. The molecule has 1 heterocycles. The Morgan fingerprint density at radius 2 is 0.796 bits per heavy atom. The number of hydrogen-bond acceptors (Lipinski definition) is 2. The molecular weight excluding hydrogens is 671 g/mol. The zero-order valence-corrected chi connectivity index (χ0v) is 30.2. The summed E-state index contributed by atoms with van der Waals surface area (Å²) in [6, 6.07) is 73.5. The summed E-state index contributed by atoms with van der Waals surface area (Å²) in [7, 11) is 0. The Bertz CT molecular complexity index is 3190. The van der Waals surface area contributed by atoms with Crippen LogP contribution in [0.15, 0.2) is 200 Å². The van der Waals surface area contributed by atoms with Crippen molar-refractivity contribution in [3.8, 4) is 22.3 Å². The number of benzene rings is 10. The molecule has 0 saturated heterocycles. The van der Waals surface area contributed by atoms with E-state index in [4.69, 9.17) is 0 Å². The van der Waals surface area contributed by atoms with Gasteiger partial charge in [-0.1, -0.05) is 152 Å². The highest BCUT2D eigenvalue weighted by atomic mass is 32.1. The van der Waals surface area contributed by atoms with Crippen molar-refractivity contribution in [2.45, 2.75) is 0 Å². The second kappa shape index (κ2) is 12.4. The van der Waals surface area contributed by atoms with Crippen molar-refractivity contribution in [3.63, 3.8) is 0 Å². The molecule has 0 aliphatic rings. The van der Waals surface area contributed by atoms with Crippen LogP contribution < -0.4 is 4.90 Å². The summed E-state index contributed by atoms with van der Waals surface area (Å²) in [5.74, 6) is 0. The van der Waals surface area contributed by atoms with E-state index in [0.717, 1.165) is 17.1 Å². The van der Waals surface area contributed by atoms with Crippen LogP contribution in [-0.4, -0.2) is 0 Å². The van der Waals surface area contributed by atoms with Gasteiger partial charge in [0.2, 0.25) is 0 Å². The zero-order valence-electron chi connectivity index (χ0n) is 29.4. The predicted molar refractivity (Wildman–Crippen MR) is 235 cm³/mol. The topological polar surface area (TPSA) is 3.24 Å². The van der Waals surface area contributed by atoms with Crippen LogP contribution in [0.1, 0.15) is 0 Å². The molecule has 0 aliphatic heterocycles.